The van der Waals surface area contributed by atoms with Gasteiger partial charge in [-0.05, 0) is 68.6 Å². The predicted octanol–water partition coefficient (Wildman–Crippen LogP) is 4.56. The van der Waals surface area contributed by atoms with Crippen LogP contribution in [-0.2, 0) is 13.1 Å². The molecule has 5 nitrogen and oxygen atoms in total. The standard InChI is InChI=1S/C18H19Br2N3O2/c1-3-25-18-15(20)6-12(7-16(18)24-2)8-21-9-14-11-23-10-13(19)4-5-17(23)22-14/h4-7,10-11,21H,3,8-9H2,1-2H3. The zero-order chi connectivity index (χ0) is 17.8. The van der Waals surface area contributed by atoms with Gasteiger partial charge in [0.25, 0.3) is 0 Å². The lowest BCUT2D eigenvalue weighted by atomic mass is 10.2. The van der Waals surface area contributed by atoms with Crippen LogP contribution >= 0.6 is 31.9 Å². The third-order valence-electron chi connectivity index (χ3n) is 3.68. The molecule has 0 radical (unpaired) electrons. The van der Waals surface area contributed by atoms with Crippen molar-refractivity contribution in [1.82, 2.24) is 14.7 Å². The molecule has 0 saturated carbocycles. The number of ether oxygens (including phenoxy) is 2. The van der Waals surface area contributed by atoms with Gasteiger partial charge in [-0.1, -0.05) is 0 Å². The summed E-state index contributed by atoms with van der Waals surface area (Å²) in [6.07, 6.45) is 4.03. The summed E-state index contributed by atoms with van der Waals surface area (Å²) in [6.45, 7) is 3.94. The normalized spacial score (nSPS) is 11.0. The Morgan fingerprint density at radius 1 is 1.16 bits per heavy atom. The van der Waals surface area contributed by atoms with E-state index in [1.165, 1.54) is 0 Å². The maximum Gasteiger partial charge on any atom is 0.175 e. The van der Waals surface area contributed by atoms with E-state index in [0.29, 0.717) is 19.7 Å². The molecule has 1 aromatic carbocycles. The summed E-state index contributed by atoms with van der Waals surface area (Å²) in [5, 5.41) is 3.42. The SMILES string of the molecule is CCOc1c(Br)cc(CNCc2cn3cc(Br)ccc3n2)cc1OC. The molecule has 0 saturated heterocycles. The first-order valence-electron chi connectivity index (χ1n) is 7.93. The van der Waals surface area contributed by atoms with E-state index < -0.39 is 0 Å². The fourth-order valence-corrected chi connectivity index (χ4v) is 3.55. The molecule has 1 N–H and O–H groups in total. The van der Waals surface area contributed by atoms with Crippen LogP contribution in [-0.4, -0.2) is 23.1 Å². The number of pyridine rings is 1. The average molecular weight is 469 g/mol. The van der Waals surface area contributed by atoms with Crippen molar-refractivity contribution in [3.05, 3.63) is 56.9 Å². The van der Waals surface area contributed by atoms with Gasteiger partial charge in [-0.25, -0.2) is 4.98 Å². The van der Waals surface area contributed by atoms with Crippen molar-refractivity contribution in [3.8, 4) is 11.5 Å². The second-order valence-electron chi connectivity index (χ2n) is 5.49. The topological polar surface area (TPSA) is 47.8 Å². The Bertz CT molecular complexity index is 880. The number of nitrogens with zero attached hydrogens (tertiary/aromatic N) is 2. The highest BCUT2D eigenvalue weighted by Crippen LogP contribution is 2.36. The molecular weight excluding hydrogens is 450 g/mol. The number of methoxy groups -OCH3 is 1. The molecule has 0 aliphatic rings. The van der Waals surface area contributed by atoms with Gasteiger partial charge in [0, 0.05) is 30.0 Å². The summed E-state index contributed by atoms with van der Waals surface area (Å²) in [4.78, 5) is 4.60. The fraction of sp³-hybridized carbons (Fsp3) is 0.278. The van der Waals surface area contributed by atoms with Gasteiger partial charge in [0.1, 0.15) is 5.65 Å². The number of hydrogen-bond donors (Lipinski definition) is 1. The van der Waals surface area contributed by atoms with Crippen molar-refractivity contribution < 1.29 is 9.47 Å². The van der Waals surface area contributed by atoms with Gasteiger partial charge in [-0.15, -0.1) is 0 Å². The first kappa shape index (κ1) is 18.2. The van der Waals surface area contributed by atoms with Crippen LogP contribution in [0.15, 0.2) is 45.6 Å². The highest BCUT2D eigenvalue weighted by molar-refractivity contribution is 9.10. The molecule has 0 aliphatic heterocycles. The van der Waals surface area contributed by atoms with Crippen LogP contribution in [0.1, 0.15) is 18.2 Å². The number of halogens is 2. The van der Waals surface area contributed by atoms with E-state index >= 15 is 0 Å². The molecule has 7 heteroatoms. The van der Waals surface area contributed by atoms with Crippen molar-refractivity contribution >= 4 is 37.5 Å². The third-order valence-corrected chi connectivity index (χ3v) is 4.74. The number of benzene rings is 1. The van der Waals surface area contributed by atoms with E-state index in [0.717, 1.165) is 37.3 Å². The van der Waals surface area contributed by atoms with Gasteiger partial charge in [-0.2, -0.15) is 0 Å². The highest BCUT2D eigenvalue weighted by atomic mass is 79.9. The lowest BCUT2D eigenvalue weighted by molar-refractivity contribution is 0.308. The van der Waals surface area contributed by atoms with Crippen molar-refractivity contribution in [2.45, 2.75) is 20.0 Å². The minimum Gasteiger partial charge on any atom is -0.493 e. The van der Waals surface area contributed by atoms with E-state index in [4.69, 9.17) is 9.47 Å². The van der Waals surface area contributed by atoms with Gasteiger partial charge in [0.05, 0.1) is 23.9 Å². The second kappa shape index (κ2) is 8.21. The Morgan fingerprint density at radius 2 is 2.00 bits per heavy atom. The molecule has 0 atom stereocenters. The van der Waals surface area contributed by atoms with Crippen LogP contribution in [0.2, 0.25) is 0 Å². The van der Waals surface area contributed by atoms with Gasteiger partial charge in [0.2, 0.25) is 0 Å². The molecule has 2 aromatic heterocycles. The monoisotopic (exact) mass is 467 g/mol. The molecule has 0 bridgehead atoms. The Kier molecular flexibility index (Phi) is 5.98. The quantitative estimate of drug-likeness (QED) is 0.552. The van der Waals surface area contributed by atoms with Crippen LogP contribution in [0, 0.1) is 0 Å². The molecule has 3 aromatic rings. The molecule has 0 aliphatic carbocycles. The Hall–Kier alpha value is -1.57. The van der Waals surface area contributed by atoms with Crippen LogP contribution in [0.3, 0.4) is 0 Å². The third kappa shape index (κ3) is 4.34. The number of fused-ring (bicyclic) bond motifs is 1. The van der Waals surface area contributed by atoms with Gasteiger partial charge in [0.15, 0.2) is 11.5 Å². The smallest absolute Gasteiger partial charge is 0.175 e. The first-order chi connectivity index (χ1) is 12.1. The fourth-order valence-electron chi connectivity index (χ4n) is 2.60. The molecule has 3 rings (SSSR count). The Morgan fingerprint density at radius 3 is 2.76 bits per heavy atom. The van der Waals surface area contributed by atoms with Crippen molar-refractivity contribution in [1.29, 1.82) is 0 Å². The minimum absolute atomic E-state index is 0.594. The predicted molar refractivity (Wildman–Crippen MR) is 105 cm³/mol. The van der Waals surface area contributed by atoms with Gasteiger partial charge < -0.3 is 19.2 Å². The Balaban J connectivity index is 1.67. The molecule has 0 fully saturated rings. The van der Waals surface area contributed by atoms with Crippen LogP contribution in [0.5, 0.6) is 11.5 Å². The molecule has 0 spiro atoms. The van der Waals surface area contributed by atoms with E-state index in [-0.39, 0.29) is 0 Å². The number of imidazole rings is 1. The van der Waals surface area contributed by atoms with E-state index in [9.17, 15) is 0 Å². The maximum atomic E-state index is 5.62. The number of nitrogens with one attached hydrogen (secondary N) is 1. The summed E-state index contributed by atoms with van der Waals surface area (Å²) >= 11 is 7.03. The highest BCUT2D eigenvalue weighted by Gasteiger charge is 2.11. The minimum atomic E-state index is 0.594. The molecule has 0 amide bonds. The number of hydrogen-bond acceptors (Lipinski definition) is 4. The zero-order valence-electron chi connectivity index (χ0n) is 14.1. The summed E-state index contributed by atoms with van der Waals surface area (Å²) in [5.41, 5.74) is 3.04. The maximum absolute atomic E-state index is 5.62. The van der Waals surface area contributed by atoms with E-state index in [1.807, 2.05) is 48.0 Å². The molecular formula is C18H19Br2N3O2. The summed E-state index contributed by atoms with van der Waals surface area (Å²) < 4.78 is 15.0. The molecule has 25 heavy (non-hydrogen) atoms. The lowest BCUT2D eigenvalue weighted by Gasteiger charge is -2.13. The van der Waals surface area contributed by atoms with E-state index in [1.54, 1.807) is 7.11 Å². The molecule has 0 unspecified atom stereocenters. The summed E-state index contributed by atoms with van der Waals surface area (Å²) in [5.74, 6) is 1.46. The van der Waals surface area contributed by atoms with Crippen molar-refractivity contribution in [2.24, 2.45) is 0 Å². The van der Waals surface area contributed by atoms with Crippen molar-refractivity contribution in [3.63, 3.8) is 0 Å². The Labute approximate surface area is 163 Å². The summed E-state index contributed by atoms with van der Waals surface area (Å²) in [6, 6.07) is 8.01. The van der Waals surface area contributed by atoms with Crippen LogP contribution in [0.25, 0.3) is 5.65 Å². The van der Waals surface area contributed by atoms with E-state index in [2.05, 4.69) is 42.2 Å². The largest absolute Gasteiger partial charge is 0.493 e. The van der Waals surface area contributed by atoms with Crippen LogP contribution < -0.4 is 14.8 Å². The van der Waals surface area contributed by atoms with Crippen molar-refractivity contribution in [2.75, 3.05) is 13.7 Å². The molecule has 2 heterocycles. The second-order valence-corrected chi connectivity index (χ2v) is 7.26. The number of rotatable bonds is 7. The zero-order valence-corrected chi connectivity index (χ0v) is 17.2. The average Bonchev–Trinajstić information content (AvgIpc) is 2.98. The van der Waals surface area contributed by atoms with Crippen LogP contribution in [0.4, 0.5) is 0 Å². The molecule has 132 valence electrons. The first-order valence-corrected chi connectivity index (χ1v) is 9.52. The lowest BCUT2D eigenvalue weighted by Crippen LogP contribution is -2.13. The summed E-state index contributed by atoms with van der Waals surface area (Å²) in [7, 11) is 1.65. The number of aromatic nitrogens is 2. The van der Waals surface area contributed by atoms with Gasteiger partial charge in [-0.3, -0.25) is 0 Å². The van der Waals surface area contributed by atoms with Gasteiger partial charge >= 0.3 is 0 Å².